The molecule has 0 aromatic heterocycles. The standard InChI is InChI=1S/C27H31N3O14/c1-29(23(32)16-9-6-11-18(41-25(34)37-2)21(16)42-26(35)38-3)13-8-14-30(15-20(28)31)24(33)17-10-7-12-19(44-40-5)22(17)43-27(36)39-4/h6-7,9-12H,8,13-15H2,1-5H3,(H2,28,31). The highest BCUT2D eigenvalue weighted by Crippen LogP contribution is 2.34. The van der Waals surface area contributed by atoms with Crippen molar-refractivity contribution in [1.82, 2.24) is 9.80 Å². The number of para-hydroxylation sites is 2. The molecule has 0 atom stereocenters. The second-order valence-corrected chi connectivity index (χ2v) is 8.46. The van der Waals surface area contributed by atoms with E-state index in [1.54, 1.807) is 0 Å². The molecule has 0 fully saturated rings. The van der Waals surface area contributed by atoms with Gasteiger partial charge in [-0.1, -0.05) is 12.1 Å². The van der Waals surface area contributed by atoms with Crippen LogP contribution in [0, 0.1) is 0 Å². The summed E-state index contributed by atoms with van der Waals surface area (Å²) in [6, 6.07) is 8.07. The Labute approximate surface area is 251 Å². The molecular formula is C27H31N3O14. The molecule has 17 nitrogen and oxygen atoms in total. The number of methoxy groups -OCH3 is 3. The van der Waals surface area contributed by atoms with Gasteiger partial charge in [0.1, 0.15) is 0 Å². The molecule has 2 N–H and O–H groups in total. The molecule has 44 heavy (non-hydrogen) atoms. The highest BCUT2D eigenvalue weighted by molar-refractivity contribution is 6.00. The number of ether oxygens (including phenoxy) is 6. The Morgan fingerprint density at radius 1 is 0.682 bits per heavy atom. The number of carbonyl (C=O) groups excluding carboxylic acids is 6. The lowest BCUT2D eigenvalue weighted by Gasteiger charge is -2.24. The van der Waals surface area contributed by atoms with Gasteiger partial charge in [-0.05, 0) is 30.7 Å². The molecule has 0 aliphatic heterocycles. The zero-order valence-electron chi connectivity index (χ0n) is 24.5. The minimum Gasteiger partial charge on any atom is -0.437 e. The van der Waals surface area contributed by atoms with Gasteiger partial charge in [0.25, 0.3) is 11.8 Å². The van der Waals surface area contributed by atoms with Crippen molar-refractivity contribution in [3.05, 3.63) is 47.5 Å². The lowest BCUT2D eigenvalue weighted by Crippen LogP contribution is -2.40. The molecule has 0 aliphatic rings. The van der Waals surface area contributed by atoms with Gasteiger partial charge in [0.2, 0.25) is 11.7 Å². The van der Waals surface area contributed by atoms with Gasteiger partial charge in [-0.25, -0.2) is 14.4 Å². The van der Waals surface area contributed by atoms with E-state index in [0.29, 0.717) is 0 Å². The number of amides is 3. The first kappa shape index (κ1) is 34.6. The van der Waals surface area contributed by atoms with Crippen LogP contribution < -0.4 is 24.8 Å². The lowest BCUT2D eigenvalue weighted by molar-refractivity contribution is -0.179. The second kappa shape index (κ2) is 16.8. The number of hydrogen-bond acceptors (Lipinski definition) is 14. The van der Waals surface area contributed by atoms with Crippen LogP contribution in [0.3, 0.4) is 0 Å². The zero-order chi connectivity index (χ0) is 32.8. The molecule has 17 heteroatoms. The highest BCUT2D eigenvalue weighted by Gasteiger charge is 2.27. The molecule has 0 saturated heterocycles. The summed E-state index contributed by atoms with van der Waals surface area (Å²) < 4.78 is 28.6. The minimum absolute atomic E-state index is 0.0134. The van der Waals surface area contributed by atoms with Gasteiger partial charge in [0.05, 0.1) is 46.1 Å². The fraction of sp³-hybridized carbons (Fsp3) is 0.333. The molecule has 0 heterocycles. The van der Waals surface area contributed by atoms with E-state index in [1.807, 2.05) is 0 Å². The third-order valence-electron chi connectivity index (χ3n) is 5.56. The van der Waals surface area contributed by atoms with E-state index < -0.39 is 48.5 Å². The number of nitrogens with two attached hydrogens (primary N) is 1. The van der Waals surface area contributed by atoms with Crippen LogP contribution in [0.2, 0.25) is 0 Å². The van der Waals surface area contributed by atoms with Crippen molar-refractivity contribution < 1.29 is 67.0 Å². The van der Waals surface area contributed by atoms with Crippen LogP contribution in [-0.2, 0) is 23.9 Å². The van der Waals surface area contributed by atoms with Crippen LogP contribution in [0.5, 0.6) is 23.0 Å². The van der Waals surface area contributed by atoms with Gasteiger partial charge >= 0.3 is 18.5 Å². The lowest BCUT2D eigenvalue weighted by atomic mass is 10.1. The number of carbonyl (C=O) groups is 6. The average Bonchev–Trinajstić information content (AvgIpc) is 3.00. The van der Waals surface area contributed by atoms with Gasteiger partial charge in [-0.2, -0.15) is 4.89 Å². The van der Waals surface area contributed by atoms with Gasteiger partial charge in [0.15, 0.2) is 17.2 Å². The van der Waals surface area contributed by atoms with Crippen LogP contribution in [0.4, 0.5) is 14.4 Å². The summed E-state index contributed by atoms with van der Waals surface area (Å²) in [7, 11) is 5.79. The van der Waals surface area contributed by atoms with Crippen molar-refractivity contribution in [1.29, 1.82) is 0 Å². The summed E-state index contributed by atoms with van der Waals surface area (Å²) in [5, 5.41) is 0. The Morgan fingerprint density at radius 2 is 1.18 bits per heavy atom. The Morgan fingerprint density at radius 3 is 1.70 bits per heavy atom. The van der Waals surface area contributed by atoms with Crippen molar-refractivity contribution in [3.63, 3.8) is 0 Å². The topological polar surface area (TPSA) is 209 Å². The van der Waals surface area contributed by atoms with E-state index in [2.05, 4.69) is 19.1 Å². The predicted molar refractivity (Wildman–Crippen MR) is 146 cm³/mol. The van der Waals surface area contributed by atoms with E-state index in [4.69, 9.17) is 24.8 Å². The summed E-state index contributed by atoms with van der Waals surface area (Å²) >= 11 is 0. The molecule has 0 unspecified atom stereocenters. The first-order valence-electron chi connectivity index (χ1n) is 12.5. The Bertz CT molecular complexity index is 1380. The fourth-order valence-electron chi connectivity index (χ4n) is 3.61. The largest absolute Gasteiger partial charge is 0.513 e. The van der Waals surface area contributed by atoms with E-state index in [9.17, 15) is 28.8 Å². The van der Waals surface area contributed by atoms with Crippen LogP contribution in [0.1, 0.15) is 27.1 Å². The van der Waals surface area contributed by atoms with E-state index in [0.717, 1.165) is 26.2 Å². The van der Waals surface area contributed by atoms with E-state index in [-0.39, 0.29) is 47.9 Å². The Balaban J connectivity index is 2.28. The number of primary amides is 1. The van der Waals surface area contributed by atoms with E-state index in [1.165, 1.54) is 55.5 Å². The van der Waals surface area contributed by atoms with Crippen molar-refractivity contribution in [2.45, 2.75) is 6.42 Å². The molecule has 0 bridgehead atoms. The van der Waals surface area contributed by atoms with Gasteiger partial charge in [-0.3, -0.25) is 14.4 Å². The van der Waals surface area contributed by atoms with Crippen LogP contribution in [0.15, 0.2) is 36.4 Å². The van der Waals surface area contributed by atoms with E-state index >= 15 is 0 Å². The predicted octanol–water partition coefficient (Wildman–Crippen LogP) is 2.15. The molecule has 3 amide bonds. The number of rotatable bonds is 13. The molecule has 238 valence electrons. The van der Waals surface area contributed by atoms with Gasteiger partial charge < -0.3 is 48.8 Å². The van der Waals surface area contributed by atoms with Crippen molar-refractivity contribution in [2.75, 3.05) is 55.1 Å². The van der Waals surface area contributed by atoms with Crippen LogP contribution >= 0.6 is 0 Å². The minimum atomic E-state index is -1.18. The SMILES string of the molecule is COOc1cccc(C(=O)N(CCCN(C)C(=O)c2cccc(OC(=O)OC)c2OC(=O)OC)CC(N)=O)c1OC(=O)OC. The normalized spacial score (nSPS) is 10.1. The maximum Gasteiger partial charge on any atom is 0.513 e. The van der Waals surface area contributed by atoms with Crippen molar-refractivity contribution in [3.8, 4) is 23.0 Å². The second-order valence-electron chi connectivity index (χ2n) is 8.46. The summed E-state index contributed by atoms with van der Waals surface area (Å²) in [5.74, 6) is -3.41. The molecule has 2 aromatic rings. The quantitative estimate of drug-likeness (QED) is 0.112. The molecule has 0 aliphatic carbocycles. The summed E-state index contributed by atoms with van der Waals surface area (Å²) in [6.45, 7) is -0.601. The average molecular weight is 622 g/mol. The number of hydrogen-bond donors (Lipinski definition) is 1. The third-order valence-corrected chi connectivity index (χ3v) is 5.56. The Kier molecular flexibility index (Phi) is 13.2. The van der Waals surface area contributed by atoms with Gasteiger partial charge in [0, 0.05) is 20.1 Å². The number of benzene rings is 2. The first-order chi connectivity index (χ1) is 21.0. The maximum absolute atomic E-state index is 13.5. The molecule has 0 radical (unpaired) electrons. The summed E-state index contributed by atoms with van der Waals surface area (Å²) in [5.41, 5.74) is 5.02. The number of nitrogens with zero attached hydrogens (tertiary/aromatic N) is 2. The molecular weight excluding hydrogens is 590 g/mol. The van der Waals surface area contributed by atoms with Crippen molar-refractivity contribution in [2.24, 2.45) is 5.73 Å². The molecule has 0 saturated carbocycles. The van der Waals surface area contributed by atoms with Crippen molar-refractivity contribution >= 4 is 36.2 Å². The first-order valence-corrected chi connectivity index (χ1v) is 12.5. The zero-order valence-corrected chi connectivity index (χ0v) is 24.5. The fourth-order valence-corrected chi connectivity index (χ4v) is 3.61. The third kappa shape index (κ3) is 9.48. The van der Waals surface area contributed by atoms with Gasteiger partial charge in [-0.15, -0.1) is 0 Å². The maximum atomic E-state index is 13.5. The molecule has 2 aromatic carbocycles. The monoisotopic (exact) mass is 621 g/mol. The summed E-state index contributed by atoms with van der Waals surface area (Å²) in [4.78, 5) is 85.9. The summed E-state index contributed by atoms with van der Waals surface area (Å²) in [6.07, 6.45) is -3.34. The Hall–Kier alpha value is -5.58. The van der Waals surface area contributed by atoms with Crippen LogP contribution in [-0.4, -0.2) is 101 Å². The molecule has 0 spiro atoms. The van der Waals surface area contributed by atoms with Crippen LogP contribution in [0.25, 0.3) is 0 Å². The smallest absolute Gasteiger partial charge is 0.437 e. The highest BCUT2D eigenvalue weighted by atomic mass is 17.2. The molecule has 2 rings (SSSR count).